The fraction of sp³-hybridized carbons (Fsp3) is 0.0833. The number of pyridine rings is 1. The van der Waals surface area contributed by atoms with E-state index in [1.807, 2.05) is 0 Å². The zero-order chi connectivity index (χ0) is 13.2. The zero-order valence-corrected chi connectivity index (χ0v) is 11.2. The summed E-state index contributed by atoms with van der Waals surface area (Å²) in [5.41, 5.74) is 1.26. The van der Waals surface area contributed by atoms with Gasteiger partial charge in [0.25, 0.3) is 10.0 Å². The summed E-state index contributed by atoms with van der Waals surface area (Å²) in [6.07, 6.45) is 2.81. The highest BCUT2D eigenvalue weighted by atomic mass is 35.5. The van der Waals surface area contributed by atoms with Gasteiger partial charge in [-0.2, -0.15) is 0 Å². The lowest BCUT2D eigenvalue weighted by molar-refractivity contribution is 0.601. The normalized spacial score (nSPS) is 11.2. The van der Waals surface area contributed by atoms with Crippen LogP contribution >= 0.6 is 11.6 Å². The van der Waals surface area contributed by atoms with Crippen LogP contribution in [0, 0.1) is 6.92 Å². The smallest absolute Gasteiger partial charge is 0.263 e. The van der Waals surface area contributed by atoms with Gasteiger partial charge in [-0.1, -0.05) is 17.7 Å². The van der Waals surface area contributed by atoms with E-state index in [4.69, 9.17) is 11.6 Å². The van der Waals surface area contributed by atoms with Gasteiger partial charge in [0.15, 0.2) is 0 Å². The van der Waals surface area contributed by atoms with E-state index in [2.05, 4.69) is 9.71 Å². The van der Waals surface area contributed by atoms with Crippen molar-refractivity contribution in [2.75, 3.05) is 4.72 Å². The molecular weight excluding hydrogens is 272 g/mol. The molecule has 0 saturated heterocycles. The molecule has 0 unspecified atom stereocenters. The van der Waals surface area contributed by atoms with Gasteiger partial charge in [-0.15, -0.1) is 0 Å². The third kappa shape index (κ3) is 2.80. The summed E-state index contributed by atoms with van der Waals surface area (Å²) in [6.45, 7) is 1.80. The summed E-state index contributed by atoms with van der Waals surface area (Å²) in [5, 5.41) is 0.476. The number of nitrogens with zero attached hydrogens (tertiary/aromatic N) is 1. The fourth-order valence-corrected chi connectivity index (χ4v) is 2.67. The first-order valence-electron chi connectivity index (χ1n) is 5.18. The highest BCUT2D eigenvalue weighted by molar-refractivity contribution is 7.92. The Hall–Kier alpha value is -1.59. The van der Waals surface area contributed by atoms with E-state index in [1.54, 1.807) is 31.2 Å². The molecule has 2 rings (SSSR count). The van der Waals surface area contributed by atoms with Gasteiger partial charge in [-0.05, 0) is 36.8 Å². The Morgan fingerprint density at radius 3 is 2.72 bits per heavy atom. The maximum Gasteiger partial charge on any atom is 0.263 e. The summed E-state index contributed by atoms with van der Waals surface area (Å²) in [5.74, 6) is 0. The molecule has 0 aliphatic heterocycles. The lowest BCUT2D eigenvalue weighted by atomic mass is 10.2. The number of anilines is 1. The molecule has 1 aromatic heterocycles. The number of benzene rings is 1. The fourth-order valence-electron chi connectivity index (χ4n) is 1.41. The van der Waals surface area contributed by atoms with Crippen LogP contribution in [0.5, 0.6) is 0 Å². The van der Waals surface area contributed by atoms with Crippen molar-refractivity contribution >= 4 is 27.3 Å². The molecule has 4 nitrogen and oxygen atoms in total. The lowest BCUT2D eigenvalue weighted by Gasteiger charge is -2.10. The number of hydrogen-bond acceptors (Lipinski definition) is 3. The van der Waals surface area contributed by atoms with E-state index in [9.17, 15) is 8.42 Å². The molecule has 0 aliphatic carbocycles. The minimum Gasteiger partial charge on any atom is -0.279 e. The standard InChI is InChI=1S/C12H11ClN2O2S/c1-9-4-5-10(13)7-12(9)15-18(16,17)11-3-2-6-14-8-11/h2-8,15H,1H3. The average Bonchev–Trinajstić information content (AvgIpc) is 2.35. The van der Waals surface area contributed by atoms with Crippen LogP contribution in [0.2, 0.25) is 5.02 Å². The van der Waals surface area contributed by atoms with Crippen LogP contribution in [-0.2, 0) is 10.0 Å². The third-order valence-electron chi connectivity index (χ3n) is 2.39. The molecule has 0 saturated carbocycles. The Kier molecular flexibility index (Phi) is 3.54. The number of rotatable bonds is 3. The van der Waals surface area contributed by atoms with Crippen molar-refractivity contribution < 1.29 is 8.42 Å². The summed E-state index contributed by atoms with van der Waals surface area (Å²) < 4.78 is 26.6. The van der Waals surface area contributed by atoms with Crippen LogP contribution < -0.4 is 4.72 Å². The Labute approximate surface area is 111 Å². The minimum absolute atomic E-state index is 0.115. The van der Waals surface area contributed by atoms with Gasteiger partial charge in [0.2, 0.25) is 0 Å². The van der Waals surface area contributed by atoms with Gasteiger partial charge in [-0.3, -0.25) is 9.71 Å². The number of sulfonamides is 1. The van der Waals surface area contributed by atoms with Crippen LogP contribution in [0.4, 0.5) is 5.69 Å². The predicted octanol–water partition coefficient (Wildman–Crippen LogP) is 2.84. The summed E-state index contributed by atoms with van der Waals surface area (Å²) in [4.78, 5) is 3.90. The lowest BCUT2D eigenvalue weighted by Crippen LogP contribution is -2.13. The van der Waals surface area contributed by atoms with Crippen molar-refractivity contribution in [2.24, 2.45) is 0 Å². The number of aromatic nitrogens is 1. The SMILES string of the molecule is Cc1ccc(Cl)cc1NS(=O)(=O)c1cccnc1. The first-order chi connectivity index (χ1) is 8.49. The van der Waals surface area contributed by atoms with Crippen LogP contribution in [0.3, 0.4) is 0 Å². The van der Waals surface area contributed by atoms with E-state index >= 15 is 0 Å². The summed E-state index contributed by atoms with van der Waals surface area (Å²) in [6, 6.07) is 8.08. The second kappa shape index (κ2) is 4.96. The number of nitrogens with one attached hydrogen (secondary N) is 1. The van der Waals surface area contributed by atoms with Crippen molar-refractivity contribution in [1.29, 1.82) is 0 Å². The quantitative estimate of drug-likeness (QED) is 0.942. The number of aryl methyl sites for hydroxylation is 1. The molecule has 6 heteroatoms. The zero-order valence-electron chi connectivity index (χ0n) is 9.59. The molecule has 0 spiro atoms. The Morgan fingerprint density at radius 2 is 2.06 bits per heavy atom. The monoisotopic (exact) mass is 282 g/mol. The number of halogens is 1. The topological polar surface area (TPSA) is 59.1 Å². The van der Waals surface area contributed by atoms with Gasteiger partial charge in [0.05, 0.1) is 5.69 Å². The highest BCUT2D eigenvalue weighted by Crippen LogP contribution is 2.23. The van der Waals surface area contributed by atoms with E-state index < -0.39 is 10.0 Å². The van der Waals surface area contributed by atoms with Crippen LogP contribution in [0.1, 0.15) is 5.56 Å². The largest absolute Gasteiger partial charge is 0.279 e. The van der Waals surface area contributed by atoms with E-state index in [-0.39, 0.29) is 4.90 Å². The highest BCUT2D eigenvalue weighted by Gasteiger charge is 2.15. The molecule has 0 amide bonds. The Bertz CT molecular complexity index is 657. The van der Waals surface area contributed by atoms with E-state index in [1.165, 1.54) is 18.5 Å². The molecule has 0 radical (unpaired) electrons. The Balaban J connectivity index is 2.37. The van der Waals surface area contributed by atoms with Gasteiger partial charge in [0.1, 0.15) is 4.90 Å². The van der Waals surface area contributed by atoms with Gasteiger partial charge in [-0.25, -0.2) is 8.42 Å². The third-order valence-corrected chi connectivity index (χ3v) is 3.97. The Morgan fingerprint density at radius 1 is 1.28 bits per heavy atom. The second-order valence-corrected chi connectivity index (χ2v) is 5.87. The molecule has 18 heavy (non-hydrogen) atoms. The van der Waals surface area contributed by atoms with Crippen LogP contribution in [0.15, 0.2) is 47.6 Å². The van der Waals surface area contributed by atoms with Crippen molar-refractivity contribution in [1.82, 2.24) is 4.98 Å². The van der Waals surface area contributed by atoms with Crippen molar-refractivity contribution in [3.63, 3.8) is 0 Å². The summed E-state index contributed by atoms with van der Waals surface area (Å²) in [7, 11) is -3.62. The molecule has 0 aliphatic rings. The van der Waals surface area contributed by atoms with Gasteiger partial charge >= 0.3 is 0 Å². The van der Waals surface area contributed by atoms with Crippen LogP contribution in [-0.4, -0.2) is 13.4 Å². The summed E-state index contributed by atoms with van der Waals surface area (Å²) >= 11 is 5.84. The minimum atomic E-state index is -3.62. The molecule has 1 aromatic carbocycles. The molecule has 0 atom stereocenters. The predicted molar refractivity (Wildman–Crippen MR) is 71.2 cm³/mol. The average molecular weight is 283 g/mol. The van der Waals surface area contributed by atoms with Crippen molar-refractivity contribution in [2.45, 2.75) is 11.8 Å². The number of hydrogen-bond donors (Lipinski definition) is 1. The van der Waals surface area contributed by atoms with E-state index in [0.717, 1.165) is 5.56 Å². The first-order valence-corrected chi connectivity index (χ1v) is 7.04. The van der Waals surface area contributed by atoms with Gasteiger partial charge in [0, 0.05) is 17.4 Å². The second-order valence-electron chi connectivity index (χ2n) is 3.75. The molecule has 1 heterocycles. The van der Waals surface area contributed by atoms with Crippen LogP contribution in [0.25, 0.3) is 0 Å². The molecule has 94 valence electrons. The van der Waals surface area contributed by atoms with Crippen molar-refractivity contribution in [3.05, 3.63) is 53.3 Å². The molecule has 2 aromatic rings. The van der Waals surface area contributed by atoms with Crippen molar-refractivity contribution in [3.8, 4) is 0 Å². The molecule has 0 fully saturated rings. The van der Waals surface area contributed by atoms with E-state index in [0.29, 0.717) is 10.7 Å². The molecule has 0 bridgehead atoms. The molecular formula is C12H11ClN2O2S. The first kappa shape index (κ1) is 12.9. The maximum atomic E-state index is 12.1. The molecule has 1 N–H and O–H groups in total. The maximum absolute atomic E-state index is 12.1. The van der Waals surface area contributed by atoms with Gasteiger partial charge < -0.3 is 0 Å².